The number of aryl methyl sites for hydroxylation is 3. The molecule has 0 aromatic heterocycles. The van der Waals surface area contributed by atoms with Crippen LogP contribution in [-0.2, 0) is 11.3 Å². The number of nitrogens with zero attached hydrogens (tertiary/aromatic N) is 1. The van der Waals surface area contributed by atoms with Crippen molar-refractivity contribution in [3.63, 3.8) is 0 Å². The van der Waals surface area contributed by atoms with Crippen LogP contribution in [0.25, 0.3) is 0 Å². The van der Waals surface area contributed by atoms with Crippen LogP contribution in [0.5, 0.6) is 0 Å². The molecule has 1 aromatic rings. The summed E-state index contributed by atoms with van der Waals surface area (Å²) in [5.74, 6) is 0.104. The van der Waals surface area contributed by atoms with Gasteiger partial charge in [0.05, 0.1) is 0 Å². The summed E-state index contributed by atoms with van der Waals surface area (Å²) in [5, 5.41) is 0. The Hall–Kier alpha value is -1.31. The van der Waals surface area contributed by atoms with Gasteiger partial charge in [-0.1, -0.05) is 12.1 Å². The van der Waals surface area contributed by atoms with E-state index in [-0.39, 0.29) is 5.91 Å². The van der Waals surface area contributed by atoms with Gasteiger partial charge in [0.15, 0.2) is 0 Å². The molecular formula is C13H19NO. The molecule has 0 bridgehead atoms. The molecule has 0 N–H and O–H groups in total. The fourth-order valence-electron chi connectivity index (χ4n) is 1.56. The fraction of sp³-hybridized carbons (Fsp3) is 0.462. The Morgan fingerprint density at radius 1 is 1.13 bits per heavy atom. The number of rotatable bonds is 2. The van der Waals surface area contributed by atoms with Crippen molar-refractivity contribution in [1.82, 2.24) is 4.90 Å². The van der Waals surface area contributed by atoms with Crippen molar-refractivity contribution < 1.29 is 4.79 Å². The van der Waals surface area contributed by atoms with Crippen molar-refractivity contribution >= 4 is 5.91 Å². The lowest BCUT2D eigenvalue weighted by molar-refractivity contribution is -0.128. The Bertz CT molecular complexity index is 382. The molecular weight excluding hydrogens is 186 g/mol. The van der Waals surface area contributed by atoms with E-state index in [0.29, 0.717) is 6.54 Å². The van der Waals surface area contributed by atoms with E-state index in [1.54, 1.807) is 11.8 Å². The molecule has 2 nitrogen and oxygen atoms in total. The lowest BCUT2D eigenvalue weighted by Crippen LogP contribution is -2.23. The first-order valence-electron chi connectivity index (χ1n) is 5.20. The number of carbonyl (C=O) groups is 1. The van der Waals surface area contributed by atoms with Crippen LogP contribution in [0.15, 0.2) is 12.1 Å². The third kappa shape index (κ3) is 2.82. The maximum atomic E-state index is 11.1. The Kier molecular flexibility index (Phi) is 3.51. The summed E-state index contributed by atoms with van der Waals surface area (Å²) in [6.07, 6.45) is 0. The number of carbonyl (C=O) groups excluding carboxylic acids is 1. The normalized spacial score (nSPS) is 10.2. The summed E-state index contributed by atoms with van der Waals surface area (Å²) in [7, 11) is 1.83. The van der Waals surface area contributed by atoms with Gasteiger partial charge in [0.1, 0.15) is 0 Å². The Balaban J connectivity index is 2.95. The first kappa shape index (κ1) is 11.8. The van der Waals surface area contributed by atoms with Crippen molar-refractivity contribution in [2.24, 2.45) is 0 Å². The van der Waals surface area contributed by atoms with Gasteiger partial charge in [-0.15, -0.1) is 0 Å². The predicted molar refractivity (Wildman–Crippen MR) is 62.8 cm³/mol. The zero-order chi connectivity index (χ0) is 11.6. The first-order chi connectivity index (χ1) is 6.91. The molecule has 0 atom stereocenters. The van der Waals surface area contributed by atoms with Gasteiger partial charge >= 0.3 is 0 Å². The minimum absolute atomic E-state index is 0.104. The second-order valence-corrected chi connectivity index (χ2v) is 4.24. The van der Waals surface area contributed by atoms with Crippen LogP contribution in [0.3, 0.4) is 0 Å². The molecule has 0 spiro atoms. The topological polar surface area (TPSA) is 20.3 Å². The summed E-state index contributed by atoms with van der Waals surface area (Å²) < 4.78 is 0. The van der Waals surface area contributed by atoms with Gasteiger partial charge in [-0.3, -0.25) is 4.79 Å². The zero-order valence-electron chi connectivity index (χ0n) is 10.2. The summed E-state index contributed by atoms with van der Waals surface area (Å²) in [5.41, 5.74) is 5.08. The van der Waals surface area contributed by atoms with Gasteiger partial charge < -0.3 is 4.90 Å². The van der Waals surface area contributed by atoms with E-state index in [2.05, 4.69) is 32.9 Å². The average Bonchev–Trinajstić information content (AvgIpc) is 2.13. The van der Waals surface area contributed by atoms with Gasteiger partial charge in [-0.25, -0.2) is 0 Å². The first-order valence-corrected chi connectivity index (χ1v) is 5.20. The molecule has 0 aliphatic rings. The molecule has 0 aliphatic heterocycles. The highest BCUT2D eigenvalue weighted by Crippen LogP contribution is 2.16. The number of benzene rings is 1. The van der Waals surface area contributed by atoms with Crippen LogP contribution in [0.2, 0.25) is 0 Å². The standard InChI is InChI=1S/C13H19NO/c1-9-6-11(3)13(7-10(9)2)8-14(5)12(4)15/h6-7H,8H2,1-5H3. The average molecular weight is 205 g/mol. The van der Waals surface area contributed by atoms with E-state index in [1.807, 2.05) is 7.05 Å². The van der Waals surface area contributed by atoms with Crippen LogP contribution >= 0.6 is 0 Å². The second kappa shape index (κ2) is 4.47. The molecule has 0 radical (unpaired) electrons. The van der Waals surface area contributed by atoms with E-state index in [9.17, 15) is 4.79 Å². The minimum atomic E-state index is 0.104. The van der Waals surface area contributed by atoms with Crippen molar-refractivity contribution in [2.75, 3.05) is 7.05 Å². The van der Waals surface area contributed by atoms with Crippen LogP contribution < -0.4 is 0 Å². The molecule has 0 saturated carbocycles. The minimum Gasteiger partial charge on any atom is -0.342 e. The highest BCUT2D eigenvalue weighted by molar-refractivity contribution is 5.72. The maximum Gasteiger partial charge on any atom is 0.219 e. The number of hydrogen-bond acceptors (Lipinski definition) is 1. The fourth-order valence-corrected chi connectivity index (χ4v) is 1.56. The summed E-state index contributed by atoms with van der Waals surface area (Å²) in [4.78, 5) is 12.9. The number of hydrogen-bond donors (Lipinski definition) is 0. The van der Waals surface area contributed by atoms with Crippen LogP contribution in [0.4, 0.5) is 0 Å². The second-order valence-electron chi connectivity index (χ2n) is 4.24. The zero-order valence-corrected chi connectivity index (χ0v) is 10.2. The van der Waals surface area contributed by atoms with Gasteiger partial charge in [0.2, 0.25) is 5.91 Å². The molecule has 2 heteroatoms. The molecule has 0 aliphatic carbocycles. The summed E-state index contributed by atoms with van der Waals surface area (Å²) in [6, 6.07) is 4.35. The largest absolute Gasteiger partial charge is 0.342 e. The van der Waals surface area contributed by atoms with Crippen molar-refractivity contribution in [3.8, 4) is 0 Å². The Morgan fingerprint density at radius 3 is 2.20 bits per heavy atom. The van der Waals surface area contributed by atoms with E-state index in [0.717, 1.165) is 0 Å². The Morgan fingerprint density at radius 2 is 1.67 bits per heavy atom. The van der Waals surface area contributed by atoms with E-state index in [1.165, 1.54) is 22.3 Å². The summed E-state index contributed by atoms with van der Waals surface area (Å²) >= 11 is 0. The maximum absolute atomic E-state index is 11.1. The summed E-state index contributed by atoms with van der Waals surface area (Å²) in [6.45, 7) is 8.60. The highest BCUT2D eigenvalue weighted by Gasteiger charge is 2.07. The van der Waals surface area contributed by atoms with E-state index >= 15 is 0 Å². The van der Waals surface area contributed by atoms with E-state index < -0.39 is 0 Å². The molecule has 0 unspecified atom stereocenters. The molecule has 0 saturated heterocycles. The van der Waals surface area contributed by atoms with Gasteiger partial charge in [0.25, 0.3) is 0 Å². The number of amides is 1. The van der Waals surface area contributed by atoms with Crippen molar-refractivity contribution in [3.05, 3.63) is 34.4 Å². The van der Waals surface area contributed by atoms with Crippen LogP contribution in [-0.4, -0.2) is 17.9 Å². The Labute approximate surface area is 91.9 Å². The smallest absolute Gasteiger partial charge is 0.219 e. The molecule has 1 amide bonds. The molecule has 1 aromatic carbocycles. The third-order valence-corrected chi connectivity index (χ3v) is 2.90. The lowest BCUT2D eigenvalue weighted by Gasteiger charge is -2.17. The third-order valence-electron chi connectivity index (χ3n) is 2.90. The van der Waals surface area contributed by atoms with Gasteiger partial charge in [0, 0.05) is 20.5 Å². The SMILES string of the molecule is CC(=O)N(C)Cc1cc(C)c(C)cc1C. The molecule has 0 heterocycles. The monoisotopic (exact) mass is 205 g/mol. The van der Waals surface area contributed by atoms with Crippen molar-refractivity contribution in [1.29, 1.82) is 0 Å². The van der Waals surface area contributed by atoms with Gasteiger partial charge in [-0.05, 0) is 43.0 Å². The highest BCUT2D eigenvalue weighted by atomic mass is 16.2. The van der Waals surface area contributed by atoms with Crippen LogP contribution in [0, 0.1) is 20.8 Å². The predicted octanol–water partition coefficient (Wildman–Crippen LogP) is 2.59. The van der Waals surface area contributed by atoms with E-state index in [4.69, 9.17) is 0 Å². The molecule has 15 heavy (non-hydrogen) atoms. The lowest BCUT2D eigenvalue weighted by atomic mass is 10.0. The quantitative estimate of drug-likeness (QED) is 0.726. The van der Waals surface area contributed by atoms with Crippen molar-refractivity contribution in [2.45, 2.75) is 34.2 Å². The molecule has 1 rings (SSSR count). The molecule has 82 valence electrons. The molecule has 0 fully saturated rings. The van der Waals surface area contributed by atoms with Crippen LogP contribution in [0.1, 0.15) is 29.2 Å². The van der Waals surface area contributed by atoms with Gasteiger partial charge in [-0.2, -0.15) is 0 Å².